The number of rotatable bonds is 6. The molecule has 5 heteroatoms. The first-order chi connectivity index (χ1) is 8.79. The Morgan fingerprint density at radius 2 is 2.22 bits per heavy atom. The third kappa shape index (κ3) is 4.28. The number of carbonyl (C=O) groups is 1. The topological polar surface area (TPSA) is 68.2 Å². The first-order valence-corrected chi connectivity index (χ1v) is 6.90. The van der Waals surface area contributed by atoms with Crippen molar-refractivity contribution in [1.29, 1.82) is 5.26 Å². The van der Waals surface area contributed by atoms with Crippen molar-refractivity contribution in [3.63, 3.8) is 0 Å². The van der Waals surface area contributed by atoms with E-state index in [1.807, 2.05) is 6.07 Å². The van der Waals surface area contributed by atoms with E-state index in [0.29, 0.717) is 18.6 Å². The van der Waals surface area contributed by atoms with Crippen molar-refractivity contribution in [3.8, 4) is 6.07 Å². The van der Waals surface area contributed by atoms with E-state index < -0.39 is 0 Å². The molecule has 100 valence electrons. The van der Waals surface area contributed by atoms with Crippen LogP contribution in [-0.2, 0) is 4.79 Å². The highest BCUT2D eigenvalue weighted by molar-refractivity contribution is 5.78. The van der Waals surface area contributed by atoms with Gasteiger partial charge in [0.2, 0.25) is 5.91 Å². The highest BCUT2D eigenvalue weighted by Gasteiger charge is 2.31. The second-order valence-corrected chi connectivity index (χ2v) is 5.24. The molecule has 2 rings (SSSR count). The van der Waals surface area contributed by atoms with Gasteiger partial charge in [-0.15, -0.1) is 0 Å². The Kier molecular flexibility index (Phi) is 4.97. The van der Waals surface area contributed by atoms with Crippen LogP contribution in [0.15, 0.2) is 0 Å². The molecule has 2 N–H and O–H groups in total. The van der Waals surface area contributed by atoms with Crippen LogP contribution in [0.5, 0.6) is 0 Å². The van der Waals surface area contributed by atoms with Gasteiger partial charge in [-0.05, 0) is 32.2 Å². The number of amides is 1. The largest absolute Gasteiger partial charge is 0.342 e. The lowest BCUT2D eigenvalue weighted by Crippen LogP contribution is -2.47. The SMILES string of the molecule is N#CCNC(=O)CN(CC1CCCCN1)C1CC1. The van der Waals surface area contributed by atoms with E-state index in [2.05, 4.69) is 15.5 Å². The molecule has 18 heavy (non-hydrogen) atoms. The van der Waals surface area contributed by atoms with Gasteiger partial charge in [0.1, 0.15) is 6.54 Å². The van der Waals surface area contributed by atoms with E-state index in [9.17, 15) is 4.79 Å². The third-order valence-corrected chi connectivity index (χ3v) is 3.64. The van der Waals surface area contributed by atoms with Crippen LogP contribution in [-0.4, -0.2) is 49.1 Å². The number of nitrogens with one attached hydrogen (secondary N) is 2. The fraction of sp³-hybridized carbons (Fsp3) is 0.846. The Hall–Kier alpha value is -1.12. The van der Waals surface area contributed by atoms with Gasteiger partial charge < -0.3 is 10.6 Å². The van der Waals surface area contributed by atoms with Crippen molar-refractivity contribution >= 4 is 5.91 Å². The Morgan fingerprint density at radius 1 is 1.39 bits per heavy atom. The van der Waals surface area contributed by atoms with Gasteiger partial charge in [0.15, 0.2) is 0 Å². The summed E-state index contributed by atoms with van der Waals surface area (Å²) in [5.74, 6) is -0.0285. The first-order valence-electron chi connectivity index (χ1n) is 6.90. The summed E-state index contributed by atoms with van der Waals surface area (Å²) in [6.45, 7) is 2.61. The standard InChI is InChI=1S/C13H22N4O/c14-6-8-16-13(18)10-17(12-4-5-12)9-11-3-1-2-7-15-11/h11-12,15H,1-5,7-10H2,(H,16,18). The second kappa shape index (κ2) is 6.72. The minimum Gasteiger partial charge on any atom is -0.342 e. The molecule has 0 bridgehead atoms. The van der Waals surface area contributed by atoms with Gasteiger partial charge in [-0.2, -0.15) is 5.26 Å². The minimum atomic E-state index is -0.0285. The monoisotopic (exact) mass is 250 g/mol. The van der Waals surface area contributed by atoms with Gasteiger partial charge in [-0.3, -0.25) is 9.69 Å². The van der Waals surface area contributed by atoms with Crippen LogP contribution in [0.4, 0.5) is 0 Å². The predicted molar refractivity (Wildman–Crippen MR) is 68.9 cm³/mol. The molecule has 1 heterocycles. The molecule has 1 atom stereocenters. The summed E-state index contributed by atoms with van der Waals surface area (Å²) in [7, 11) is 0. The fourth-order valence-electron chi connectivity index (χ4n) is 2.52. The summed E-state index contributed by atoms with van der Waals surface area (Å²) >= 11 is 0. The van der Waals surface area contributed by atoms with Crippen LogP contribution in [0.2, 0.25) is 0 Å². The lowest BCUT2D eigenvalue weighted by Gasteiger charge is -2.30. The van der Waals surface area contributed by atoms with Gasteiger partial charge in [-0.25, -0.2) is 0 Å². The number of piperidine rings is 1. The van der Waals surface area contributed by atoms with E-state index in [1.165, 1.54) is 32.1 Å². The fourth-order valence-corrected chi connectivity index (χ4v) is 2.52. The molecule has 0 aromatic carbocycles. The zero-order valence-corrected chi connectivity index (χ0v) is 10.8. The molecule has 5 nitrogen and oxygen atoms in total. The van der Waals surface area contributed by atoms with Crippen molar-refractivity contribution in [2.24, 2.45) is 0 Å². The number of hydrogen-bond donors (Lipinski definition) is 2. The van der Waals surface area contributed by atoms with E-state index in [0.717, 1.165) is 13.1 Å². The summed E-state index contributed by atoms with van der Waals surface area (Å²) in [5.41, 5.74) is 0. The van der Waals surface area contributed by atoms with E-state index in [4.69, 9.17) is 5.26 Å². The summed E-state index contributed by atoms with van der Waals surface area (Å²) in [4.78, 5) is 13.9. The van der Waals surface area contributed by atoms with Crippen LogP contribution in [0.25, 0.3) is 0 Å². The van der Waals surface area contributed by atoms with Gasteiger partial charge in [0.05, 0.1) is 12.6 Å². The molecule has 0 aromatic rings. The zero-order valence-electron chi connectivity index (χ0n) is 10.8. The Bertz CT molecular complexity index is 315. The Morgan fingerprint density at radius 3 is 2.83 bits per heavy atom. The summed E-state index contributed by atoms with van der Waals surface area (Å²) in [6, 6.07) is 3.05. The number of hydrogen-bond acceptors (Lipinski definition) is 4. The van der Waals surface area contributed by atoms with Gasteiger partial charge in [0, 0.05) is 18.6 Å². The summed E-state index contributed by atoms with van der Waals surface area (Å²) in [6.07, 6.45) is 6.18. The summed E-state index contributed by atoms with van der Waals surface area (Å²) in [5, 5.41) is 14.6. The molecular formula is C13H22N4O. The second-order valence-electron chi connectivity index (χ2n) is 5.24. The molecule has 2 fully saturated rings. The smallest absolute Gasteiger partial charge is 0.235 e. The van der Waals surface area contributed by atoms with Crippen LogP contribution < -0.4 is 10.6 Å². The van der Waals surface area contributed by atoms with Crippen molar-refractivity contribution < 1.29 is 4.79 Å². The molecule has 1 saturated carbocycles. The van der Waals surface area contributed by atoms with Crippen LogP contribution in [0.1, 0.15) is 32.1 Å². The van der Waals surface area contributed by atoms with Gasteiger partial charge in [-0.1, -0.05) is 6.42 Å². The lowest BCUT2D eigenvalue weighted by atomic mass is 10.0. The predicted octanol–water partition coefficient (Wildman–Crippen LogP) is 0.233. The molecule has 1 aliphatic carbocycles. The molecule has 1 amide bonds. The average molecular weight is 250 g/mol. The number of carbonyl (C=O) groups excluding carboxylic acids is 1. The van der Waals surface area contributed by atoms with Crippen molar-refractivity contribution in [2.75, 3.05) is 26.2 Å². The maximum absolute atomic E-state index is 11.7. The van der Waals surface area contributed by atoms with E-state index in [-0.39, 0.29) is 12.5 Å². The van der Waals surface area contributed by atoms with E-state index in [1.54, 1.807) is 0 Å². The van der Waals surface area contributed by atoms with E-state index >= 15 is 0 Å². The quantitative estimate of drug-likeness (QED) is 0.662. The van der Waals surface area contributed by atoms with Crippen molar-refractivity contribution in [3.05, 3.63) is 0 Å². The van der Waals surface area contributed by atoms with Crippen LogP contribution >= 0.6 is 0 Å². The average Bonchev–Trinajstić information content (AvgIpc) is 3.21. The lowest BCUT2D eigenvalue weighted by molar-refractivity contribution is -0.122. The van der Waals surface area contributed by atoms with Gasteiger partial charge in [0.25, 0.3) is 0 Å². The maximum atomic E-state index is 11.7. The maximum Gasteiger partial charge on any atom is 0.235 e. The minimum absolute atomic E-state index is 0.0285. The van der Waals surface area contributed by atoms with Crippen molar-refractivity contribution in [2.45, 2.75) is 44.2 Å². The van der Waals surface area contributed by atoms with Crippen molar-refractivity contribution in [1.82, 2.24) is 15.5 Å². The normalized spacial score (nSPS) is 23.7. The number of nitriles is 1. The zero-order chi connectivity index (χ0) is 12.8. The summed E-state index contributed by atoms with van der Waals surface area (Å²) < 4.78 is 0. The first kappa shape index (κ1) is 13.3. The molecule has 0 spiro atoms. The number of nitrogens with zero attached hydrogens (tertiary/aromatic N) is 2. The molecule has 0 aromatic heterocycles. The third-order valence-electron chi connectivity index (χ3n) is 3.64. The molecule has 0 radical (unpaired) electrons. The molecule has 2 aliphatic rings. The Balaban J connectivity index is 1.76. The molecular weight excluding hydrogens is 228 g/mol. The van der Waals surface area contributed by atoms with Crippen LogP contribution in [0, 0.1) is 11.3 Å². The molecule has 1 saturated heterocycles. The Labute approximate surface area is 109 Å². The molecule has 1 aliphatic heterocycles. The highest BCUT2D eigenvalue weighted by Crippen LogP contribution is 2.27. The highest BCUT2D eigenvalue weighted by atomic mass is 16.2. The molecule has 1 unspecified atom stereocenters. The van der Waals surface area contributed by atoms with Gasteiger partial charge >= 0.3 is 0 Å². The van der Waals surface area contributed by atoms with Crippen LogP contribution in [0.3, 0.4) is 0 Å².